The van der Waals surface area contributed by atoms with Gasteiger partial charge in [-0.1, -0.05) is 29.8 Å². The first-order chi connectivity index (χ1) is 7.04. The summed E-state index contributed by atoms with van der Waals surface area (Å²) < 4.78 is 5.43. The van der Waals surface area contributed by atoms with Crippen LogP contribution in [0.1, 0.15) is 12.5 Å². The Morgan fingerprint density at radius 2 is 2.13 bits per heavy atom. The highest BCUT2D eigenvalue weighted by atomic mass is 35.5. The van der Waals surface area contributed by atoms with Crippen LogP contribution in [0.3, 0.4) is 0 Å². The van der Waals surface area contributed by atoms with Gasteiger partial charge in [0, 0.05) is 10.6 Å². The van der Waals surface area contributed by atoms with Crippen molar-refractivity contribution in [3.63, 3.8) is 0 Å². The van der Waals surface area contributed by atoms with Crippen LogP contribution in [0, 0.1) is 0 Å². The van der Waals surface area contributed by atoms with Crippen LogP contribution in [0.15, 0.2) is 24.3 Å². The molecule has 0 unspecified atom stereocenters. The molecule has 1 aromatic rings. The van der Waals surface area contributed by atoms with E-state index < -0.39 is 0 Å². The SMILES string of the molecule is C=C(C)COc1c(Cl)cc(Cl)cc1CO. The molecule has 15 heavy (non-hydrogen) atoms. The van der Waals surface area contributed by atoms with Crippen LogP contribution in [0.25, 0.3) is 0 Å². The van der Waals surface area contributed by atoms with Gasteiger partial charge in [0.2, 0.25) is 0 Å². The molecule has 0 aliphatic heterocycles. The largest absolute Gasteiger partial charge is 0.487 e. The molecular weight excluding hydrogens is 235 g/mol. The van der Waals surface area contributed by atoms with E-state index in [2.05, 4.69) is 6.58 Å². The van der Waals surface area contributed by atoms with Crippen molar-refractivity contribution < 1.29 is 9.84 Å². The normalized spacial score (nSPS) is 10.1. The van der Waals surface area contributed by atoms with Gasteiger partial charge >= 0.3 is 0 Å². The fourth-order valence-electron chi connectivity index (χ4n) is 1.09. The monoisotopic (exact) mass is 246 g/mol. The molecule has 0 aliphatic rings. The lowest BCUT2D eigenvalue weighted by Gasteiger charge is -2.12. The van der Waals surface area contributed by atoms with Crippen molar-refractivity contribution in [3.8, 4) is 5.75 Å². The van der Waals surface area contributed by atoms with Gasteiger partial charge in [-0.05, 0) is 24.6 Å². The van der Waals surface area contributed by atoms with Crippen molar-refractivity contribution >= 4 is 23.2 Å². The summed E-state index contributed by atoms with van der Waals surface area (Å²) in [5, 5.41) is 9.99. The molecule has 0 atom stereocenters. The Morgan fingerprint density at radius 3 is 2.67 bits per heavy atom. The summed E-state index contributed by atoms with van der Waals surface area (Å²) in [5.74, 6) is 0.464. The predicted octanol–water partition coefficient (Wildman–Crippen LogP) is 3.44. The molecule has 1 N–H and O–H groups in total. The number of halogens is 2. The second kappa shape index (κ2) is 5.40. The zero-order valence-electron chi connectivity index (χ0n) is 8.39. The van der Waals surface area contributed by atoms with E-state index in [4.69, 9.17) is 33.0 Å². The summed E-state index contributed by atoms with van der Waals surface area (Å²) in [7, 11) is 0. The van der Waals surface area contributed by atoms with Gasteiger partial charge in [0.1, 0.15) is 12.4 Å². The molecule has 0 saturated heterocycles. The number of hydrogen-bond acceptors (Lipinski definition) is 2. The Balaban J connectivity index is 2.98. The Morgan fingerprint density at radius 1 is 1.47 bits per heavy atom. The first-order valence-electron chi connectivity index (χ1n) is 4.40. The van der Waals surface area contributed by atoms with Crippen LogP contribution < -0.4 is 4.74 Å². The molecule has 0 bridgehead atoms. The number of hydrogen-bond donors (Lipinski definition) is 1. The van der Waals surface area contributed by atoms with Gasteiger partial charge in [0.05, 0.1) is 11.6 Å². The highest BCUT2D eigenvalue weighted by molar-refractivity contribution is 6.35. The van der Waals surface area contributed by atoms with E-state index in [1.807, 2.05) is 6.92 Å². The second-order valence-electron chi connectivity index (χ2n) is 3.28. The molecule has 0 spiro atoms. The highest BCUT2D eigenvalue weighted by Crippen LogP contribution is 2.32. The zero-order chi connectivity index (χ0) is 11.4. The molecule has 1 aromatic carbocycles. The van der Waals surface area contributed by atoms with Gasteiger partial charge in [-0.25, -0.2) is 0 Å². The third-order valence-electron chi connectivity index (χ3n) is 1.72. The van der Waals surface area contributed by atoms with Crippen molar-refractivity contribution in [2.75, 3.05) is 6.61 Å². The average molecular weight is 247 g/mol. The number of aliphatic hydroxyl groups is 1. The van der Waals surface area contributed by atoms with E-state index >= 15 is 0 Å². The van der Waals surface area contributed by atoms with Crippen molar-refractivity contribution in [2.45, 2.75) is 13.5 Å². The molecule has 0 amide bonds. The van der Waals surface area contributed by atoms with Crippen molar-refractivity contribution in [1.82, 2.24) is 0 Å². The highest BCUT2D eigenvalue weighted by Gasteiger charge is 2.09. The average Bonchev–Trinajstić information content (AvgIpc) is 2.14. The number of rotatable bonds is 4. The van der Waals surface area contributed by atoms with Crippen molar-refractivity contribution in [3.05, 3.63) is 39.9 Å². The number of ether oxygens (including phenoxy) is 1. The molecule has 0 aliphatic carbocycles. The molecule has 82 valence electrons. The lowest BCUT2D eigenvalue weighted by Crippen LogP contribution is -2.01. The third kappa shape index (κ3) is 3.42. The van der Waals surface area contributed by atoms with E-state index in [0.717, 1.165) is 5.57 Å². The van der Waals surface area contributed by atoms with Crippen LogP contribution in [-0.2, 0) is 6.61 Å². The van der Waals surface area contributed by atoms with E-state index in [1.54, 1.807) is 12.1 Å². The van der Waals surface area contributed by atoms with Gasteiger partial charge < -0.3 is 9.84 Å². The first-order valence-corrected chi connectivity index (χ1v) is 5.16. The van der Waals surface area contributed by atoms with Gasteiger partial charge in [0.25, 0.3) is 0 Å². The number of benzene rings is 1. The van der Waals surface area contributed by atoms with Gasteiger partial charge in [-0.3, -0.25) is 0 Å². The van der Waals surface area contributed by atoms with Crippen LogP contribution in [0.4, 0.5) is 0 Å². The predicted molar refractivity (Wildman–Crippen MR) is 62.7 cm³/mol. The fraction of sp³-hybridized carbons (Fsp3) is 0.273. The summed E-state index contributed by atoms with van der Waals surface area (Å²) >= 11 is 11.7. The van der Waals surface area contributed by atoms with Gasteiger partial charge in [-0.2, -0.15) is 0 Å². The summed E-state index contributed by atoms with van der Waals surface area (Å²) in [6.45, 7) is 5.77. The third-order valence-corrected chi connectivity index (χ3v) is 2.22. The zero-order valence-corrected chi connectivity index (χ0v) is 9.90. The van der Waals surface area contributed by atoms with Crippen LogP contribution >= 0.6 is 23.2 Å². The quantitative estimate of drug-likeness (QED) is 0.826. The van der Waals surface area contributed by atoms with E-state index in [-0.39, 0.29) is 6.61 Å². The lowest BCUT2D eigenvalue weighted by atomic mass is 10.2. The van der Waals surface area contributed by atoms with E-state index in [9.17, 15) is 0 Å². The van der Waals surface area contributed by atoms with Crippen molar-refractivity contribution in [1.29, 1.82) is 0 Å². The van der Waals surface area contributed by atoms with Crippen LogP contribution in [0.5, 0.6) is 5.75 Å². The minimum absolute atomic E-state index is 0.161. The Labute approximate surface area is 99.1 Å². The Bertz CT molecular complexity index is 375. The molecule has 0 radical (unpaired) electrons. The molecule has 0 aromatic heterocycles. The van der Waals surface area contributed by atoms with E-state index in [1.165, 1.54) is 0 Å². The molecule has 0 heterocycles. The molecule has 1 rings (SSSR count). The molecule has 4 heteroatoms. The lowest BCUT2D eigenvalue weighted by molar-refractivity contribution is 0.269. The molecule has 2 nitrogen and oxygen atoms in total. The number of aliphatic hydroxyl groups excluding tert-OH is 1. The van der Waals surface area contributed by atoms with Gasteiger partial charge in [-0.15, -0.1) is 0 Å². The molecular formula is C11H12Cl2O2. The minimum atomic E-state index is -0.161. The van der Waals surface area contributed by atoms with E-state index in [0.29, 0.717) is 28.0 Å². The van der Waals surface area contributed by atoms with Gasteiger partial charge in [0.15, 0.2) is 0 Å². The molecule has 0 saturated carbocycles. The summed E-state index contributed by atoms with van der Waals surface area (Å²) in [6.07, 6.45) is 0. The maximum Gasteiger partial charge on any atom is 0.143 e. The summed E-state index contributed by atoms with van der Waals surface area (Å²) in [6, 6.07) is 3.21. The topological polar surface area (TPSA) is 29.5 Å². The van der Waals surface area contributed by atoms with Crippen LogP contribution in [0.2, 0.25) is 10.0 Å². The second-order valence-corrected chi connectivity index (χ2v) is 4.12. The standard InChI is InChI=1S/C11H12Cl2O2/c1-7(2)6-15-11-8(5-14)3-9(12)4-10(11)13/h3-4,14H,1,5-6H2,2H3. The Hall–Kier alpha value is -0.700. The smallest absolute Gasteiger partial charge is 0.143 e. The van der Waals surface area contributed by atoms with Crippen molar-refractivity contribution in [2.24, 2.45) is 0 Å². The molecule has 0 fully saturated rings. The minimum Gasteiger partial charge on any atom is -0.487 e. The summed E-state index contributed by atoms with van der Waals surface area (Å²) in [5.41, 5.74) is 1.46. The summed E-state index contributed by atoms with van der Waals surface area (Å²) in [4.78, 5) is 0. The Kier molecular flexibility index (Phi) is 4.45. The first kappa shape index (κ1) is 12.4. The fourth-order valence-corrected chi connectivity index (χ4v) is 1.68. The maximum absolute atomic E-state index is 9.11. The maximum atomic E-state index is 9.11. The van der Waals surface area contributed by atoms with Crippen LogP contribution in [-0.4, -0.2) is 11.7 Å².